The van der Waals surface area contributed by atoms with Crippen LogP contribution in [0, 0.1) is 0 Å². The summed E-state index contributed by atoms with van der Waals surface area (Å²) >= 11 is 1.86. The molecule has 0 aliphatic rings. The zero-order valence-corrected chi connectivity index (χ0v) is 32.2. The van der Waals surface area contributed by atoms with Crippen molar-refractivity contribution in [3.8, 4) is 27.9 Å². The molecule has 0 bridgehead atoms. The molecule has 12 rings (SSSR count). The van der Waals surface area contributed by atoms with Gasteiger partial charge in [-0.05, 0) is 71.3 Å². The lowest BCUT2D eigenvalue weighted by molar-refractivity contribution is 0.670. The molecule has 0 atom stereocenters. The number of thiophene rings is 1. The van der Waals surface area contributed by atoms with Crippen LogP contribution in [0.1, 0.15) is 0 Å². The normalized spacial score (nSPS) is 11.8. The molecule has 0 saturated carbocycles. The second-order valence-electron chi connectivity index (χ2n) is 14.8. The molecule has 3 aromatic heterocycles. The van der Waals surface area contributed by atoms with E-state index in [-0.39, 0.29) is 0 Å². The number of hydrogen-bond donors (Lipinski definition) is 0. The third-order valence-corrected chi connectivity index (χ3v) is 12.8. The molecule has 0 amide bonds. The number of fused-ring (bicyclic) bond motifs is 9. The predicted molar refractivity (Wildman–Crippen MR) is 247 cm³/mol. The summed E-state index contributed by atoms with van der Waals surface area (Å²) in [7, 11) is 0. The fraction of sp³-hybridized carbons (Fsp3) is 0. The van der Waals surface area contributed by atoms with Crippen molar-refractivity contribution >= 4 is 92.3 Å². The van der Waals surface area contributed by atoms with Crippen LogP contribution in [0.4, 0.5) is 17.1 Å². The van der Waals surface area contributed by atoms with Crippen LogP contribution in [0.3, 0.4) is 0 Å². The Morgan fingerprint density at radius 2 is 1.03 bits per heavy atom. The summed E-state index contributed by atoms with van der Waals surface area (Å²) in [5, 5.41) is 7.06. The molecule has 58 heavy (non-hydrogen) atoms. The molecule has 4 heteroatoms. The van der Waals surface area contributed by atoms with Gasteiger partial charge in [0.05, 0.1) is 22.4 Å². The smallest absolute Gasteiger partial charge is 0.159 e. The van der Waals surface area contributed by atoms with E-state index < -0.39 is 0 Å². The van der Waals surface area contributed by atoms with E-state index in [2.05, 4.69) is 216 Å². The largest absolute Gasteiger partial charge is 0.453 e. The van der Waals surface area contributed by atoms with Gasteiger partial charge in [-0.15, -0.1) is 11.3 Å². The van der Waals surface area contributed by atoms with Crippen LogP contribution in [0.25, 0.3) is 91.9 Å². The van der Waals surface area contributed by atoms with Gasteiger partial charge in [0, 0.05) is 58.7 Å². The standard InChI is InChI=1S/C54H34N2OS/c1-4-16-35(17-5-1)39-24-14-25-42-43-26-15-28-49(53(43)57-52(39)42)56(38-30-32-47-45(34-38)41-22-10-12-27-46(41)55(47)37-20-8-3-9-21-37)48-33-31-40(36-18-6-2-7-19-36)54-51(48)44-23-11-13-29-50(44)58-54/h1-34H. The van der Waals surface area contributed by atoms with Crippen molar-refractivity contribution in [3.05, 3.63) is 206 Å². The van der Waals surface area contributed by atoms with E-state index >= 15 is 0 Å². The third kappa shape index (κ3) is 4.99. The number of benzene rings is 9. The summed E-state index contributed by atoms with van der Waals surface area (Å²) < 4.78 is 12.0. The Morgan fingerprint density at radius 1 is 0.414 bits per heavy atom. The minimum absolute atomic E-state index is 0.854. The minimum Gasteiger partial charge on any atom is -0.453 e. The highest BCUT2D eigenvalue weighted by Crippen LogP contribution is 2.51. The molecule has 0 unspecified atom stereocenters. The summed E-state index contributed by atoms with van der Waals surface area (Å²) in [6, 6.07) is 74.2. The molecule has 3 nitrogen and oxygen atoms in total. The summed E-state index contributed by atoms with van der Waals surface area (Å²) in [5.74, 6) is 0. The van der Waals surface area contributed by atoms with Crippen molar-refractivity contribution in [3.63, 3.8) is 0 Å². The van der Waals surface area contributed by atoms with Crippen LogP contribution in [-0.4, -0.2) is 4.57 Å². The monoisotopic (exact) mass is 758 g/mol. The molecular weight excluding hydrogens is 725 g/mol. The van der Waals surface area contributed by atoms with Gasteiger partial charge in [-0.1, -0.05) is 152 Å². The number of hydrogen-bond acceptors (Lipinski definition) is 3. The molecule has 272 valence electrons. The first-order chi connectivity index (χ1) is 28.8. The molecule has 0 fully saturated rings. The average Bonchev–Trinajstić information content (AvgIpc) is 3.98. The predicted octanol–water partition coefficient (Wildman–Crippen LogP) is 15.9. The minimum atomic E-state index is 0.854. The van der Waals surface area contributed by atoms with E-state index in [0.717, 1.165) is 61.3 Å². The first kappa shape index (κ1) is 32.8. The molecule has 0 radical (unpaired) electrons. The van der Waals surface area contributed by atoms with Gasteiger partial charge in [-0.2, -0.15) is 0 Å². The first-order valence-electron chi connectivity index (χ1n) is 19.7. The number of nitrogens with zero attached hydrogens (tertiary/aromatic N) is 2. The SMILES string of the molecule is c1ccc(-c2cccc3c2oc2c(N(c4ccc5c(c4)c4ccccc4n5-c4ccccc4)c4ccc(-c5ccccc5)c5sc6ccccc6c45)cccc23)cc1. The van der Waals surface area contributed by atoms with E-state index in [9.17, 15) is 0 Å². The Balaban J connectivity index is 1.19. The topological polar surface area (TPSA) is 21.3 Å². The maximum atomic E-state index is 7.14. The van der Waals surface area contributed by atoms with Gasteiger partial charge in [-0.3, -0.25) is 0 Å². The van der Waals surface area contributed by atoms with Crippen LogP contribution >= 0.6 is 11.3 Å². The number of para-hydroxylation sites is 4. The van der Waals surface area contributed by atoms with Gasteiger partial charge in [0.15, 0.2) is 5.58 Å². The average molecular weight is 759 g/mol. The quantitative estimate of drug-likeness (QED) is 0.168. The number of aromatic nitrogens is 1. The number of furan rings is 1. The van der Waals surface area contributed by atoms with Crippen molar-refractivity contribution < 1.29 is 4.42 Å². The maximum absolute atomic E-state index is 7.14. The molecule has 9 aromatic carbocycles. The Bertz CT molecular complexity index is 3510. The van der Waals surface area contributed by atoms with Crippen LogP contribution in [-0.2, 0) is 0 Å². The summed E-state index contributed by atoms with van der Waals surface area (Å²) in [5.41, 5.74) is 13.0. The van der Waals surface area contributed by atoms with Crippen LogP contribution in [0.2, 0.25) is 0 Å². The summed E-state index contributed by atoms with van der Waals surface area (Å²) in [6.45, 7) is 0. The fourth-order valence-electron chi connectivity index (χ4n) is 9.03. The Kier molecular flexibility index (Phi) is 7.40. The highest BCUT2D eigenvalue weighted by molar-refractivity contribution is 7.26. The molecule has 0 aliphatic heterocycles. The molecule has 12 aromatic rings. The highest BCUT2D eigenvalue weighted by atomic mass is 32.1. The lowest BCUT2D eigenvalue weighted by Crippen LogP contribution is -2.11. The van der Waals surface area contributed by atoms with Crippen LogP contribution in [0.15, 0.2) is 211 Å². The molecule has 0 saturated heterocycles. The van der Waals surface area contributed by atoms with E-state index in [1.165, 1.54) is 47.6 Å². The number of rotatable bonds is 6. The van der Waals surface area contributed by atoms with Crippen molar-refractivity contribution in [2.24, 2.45) is 0 Å². The van der Waals surface area contributed by atoms with E-state index in [4.69, 9.17) is 4.42 Å². The summed E-state index contributed by atoms with van der Waals surface area (Å²) in [6.07, 6.45) is 0. The van der Waals surface area contributed by atoms with Gasteiger partial charge in [0.1, 0.15) is 5.58 Å². The van der Waals surface area contributed by atoms with Gasteiger partial charge in [0.25, 0.3) is 0 Å². The van der Waals surface area contributed by atoms with E-state index in [0.29, 0.717) is 0 Å². The molecule has 3 heterocycles. The van der Waals surface area contributed by atoms with Crippen molar-refractivity contribution in [2.75, 3.05) is 4.90 Å². The second kappa shape index (κ2) is 13.1. The van der Waals surface area contributed by atoms with Crippen molar-refractivity contribution in [1.82, 2.24) is 4.57 Å². The van der Waals surface area contributed by atoms with Gasteiger partial charge < -0.3 is 13.9 Å². The maximum Gasteiger partial charge on any atom is 0.159 e. The summed E-state index contributed by atoms with van der Waals surface area (Å²) in [4.78, 5) is 2.44. The van der Waals surface area contributed by atoms with E-state index in [1.807, 2.05) is 11.3 Å². The molecule has 0 N–H and O–H groups in total. The second-order valence-corrected chi connectivity index (χ2v) is 15.9. The molecule has 0 spiro atoms. The Morgan fingerprint density at radius 3 is 1.83 bits per heavy atom. The Hall–Kier alpha value is -7.40. The third-order valence-electron chi connectivity index (χ3n) is 11.6. The van der Waals surface area contributed by atoms with Crippen molar-refractivity contribution in [2.45, 2.75) is 0 Å². The zero-order chi connectivity index (χ0) is 38.2. The van der Waals surface area contributed by atoms with E-state index in [1.54, 1.807) is 0 Å². The zero-order valence-electron chi connectivity index (χ0n) is 31.3. The fourth-order valence-corrected chi connectivity index (χ4v) is 10.3. The van der Waals surface area contributed by atoms with Gasteiger partial charge in [-0.25, -0.2) is 0 Å². The Labute approximate surface area is 338 Å². The van der Waals surface area contributed by atoms with Gasteiger partial charge in [0.2, 0.25) is 0 Å². The molecular formula is C54H34N2OS. The van der Waals surface area contributed by atoms with Crippen LogP contribution < -0.4 is 4.90 Å². The molecule has 0 aliphatic carbocycles. The van der Waals surface area contributed by atoms with Crippen LogP contribution in [0.5, 0.6) is 0 Å². The highest BCUT2D eigenvalue weighted by Gasteiger charge is 2.26. The van der Waals surface area contributed by atoms with Gasteiger partial charge >= 0.3 is 0 Å². The lowest BCUT2D eigenvalue weighted by Gasteiger charge is -2.27. The lowest BCUT2D eigenvalue weighted by atomic mass is 9.99. The van der Waals surface area contributed by atoms with Crippen molar-refractivity contribution in [1.29, 1.82) is 0 Å². The first-order valence-corrected chi connectivity index (χ1v) is 20.5. The number of anilines is 3.